The summed E-state index contributed by atoms with van der Waals surface area (Å²) in [4.78, 5) is 27.1. The zero-order chi connectivity index (χ0) is 22.9. The molecule has 0 unspecified atom stereocenters. The average molecular weight is 442 g/mol. The average Bonchev–Trinajstić information content (AvgIpc) is 3.09. The van der Waals surface area contributed by atoms with E-state index in [-0.39, 0.29) is 17.7 Å². The van der Waals surface area contributed by atoms with Crippen LogP contribution in [-0.4, -0.2) is 66.4 Å². The molecule has 174 valence electrons. The number of hydrogen-bond donors (Lipinski definition) is 2. The van der Waals surface area contributed by atoms with E-state index in [2.05, 4.69) is 20.6 Å². The van der Waals surface area contributed by atoms with Gasteiger partial charge in [-0.2, -0.15) is 5.10 Å². The predicted octanol–water partition coefficient (Wildman–Crippen LogP) is 2.68. The van der Waals surface area contributed by atoms with Gasteiger partial charge in [0, 0.05) is 39.1 Å². The fourth-order valence-electron chi connectivity index (χ4n) is 4.10. The van der Waals surface area contributed by atoms with Crippen molar-refractivity contribution in [3.05, 3.63) is 41.7 Å². The zero-order valence-corrected chi connectivity index (χ0v) is 19.4. The van der Waals surface area contributed by atoms with Gasteiger partial charge >= 0.3 is 0 Å². The molecule has 1 aliphatic rings. The second-order valence-electron chi connectivity index (χ2n) is 8.34. The molecular weight excluding hydrogens is 406 g/mol. The molecular formula is C24H35N5O3. The van der Waals surface area contributed by atoms with E-state index in [1.807, 2.05) is 48.9 Å². The van der Waals surface area contributed by atoms with Crippen molar-refractivity contribution in [3.8, 4) is 5.69 Å². The van der Waals surface area contributed by atoms with Crippen LogP contribution in [0.5, 0.6) is 0 Å². The zero-order valence-electron chi connectivity index (χ0n) is 19.4. The van der Waals surface area contributed by atoms with E-state index < -0.39 is 0 Å². The fourth-order valence-corrected chi connectivity index (χ4v) is 4.10. The van der Waals surface area contributed by atoms with E-state index in [0.717, 1.165) is 55.1 Å². The van der Waals surface area contributed by atoms with Crippen molar-refractivity contribution in [2.24, 2.45) is 5.92 Å². The Hall–Kier alpha value is -2.71. The molecule has 1 aromatic carbocycles. The van der Waals surface area contributed by atoms with Gasteiger partial charge in [-0.05, 0) is 58.3 Å². The van der Waals surface area contributed by atoms with E-state index in [0.29, 0.717) is 26.1 Å². The van der Waals surface area contributed by atoms with Gasteiger partial charge < -0.3 is 20.3 Å². The Bertz CT molecular complexity index is 889. The Morgan fingerprint density at radius 1 is 1.16 bits per heavy atom. The van der Waals surface area contributed by atoms with Crippen LogP contribution in [0.4, 0.5) is 5.69 Å². The van der Waals surface area contributed by atoms with Gasteiger partial charge in [0.15, 0.2) is 0 Å². The molecule has 8 heteroatoms. The van der Waals surface area contributed by atoms with Crippen LogP contribution in [0, 0.1) is 19.8 Å². The maximum atomic E-state index is 12.6. The van der Waals surface area contributed by atoms with Gasteiger partial charge in [0.2, 0.25) is 11.8 Å². The molecule has 2 amide bonds. The Morgan fingerprint density at radius 3 is 2.56 bits per heavy atom. The summed E-state index contributed by atoms with van der Waals surface area (Å²) in [6, 6.07) is 9.90. The summed E-state index contributed by atoms with van der Waals surface area (Å²) < 4.78 is 6.86. The quantitative estimate of drug-likeness (QED) is 0.554. The highest BCUT2D eigenvalue weighted by Crippen LogP contribution is 2.23. The number of methoxy groups -OCH3 is 1. The lowest BCUT2D eigenvalue weighted by Crippen LogP contribution is -2.41. The van der Waals surface area contributed by atoms with Crippen LogP contribution in [0.3, 0.4) is 0 Å². The van der Waals surface area contributed by atoms with Crippen LogP contribution in [0.25, 0.3) is 5.69 Å². The monoisotopic (exact) mass is 441 g/mol. The van der Waals surface area contributed by atoms with Crippen molar-refractivity contribution in [2.45, 2.75) is 39.5 Å². The molecule has 0 spiro atoms. The first-order valence-corrected chi connectivity index (χ1v) is 11.4. The van der Waals surface area contributed by atoms with Crippen LogP contribution in [0.1, 0.15) is 37.1 Å². The summed E-state index contributed by atoms with van der Waals surface area (Å²) in [7, 11) is 1.66. The third-order valence-electron chi connectivity index (χ3n) is 5.99. The van der Waals surface area contributed by atoms with Crippen LogP contribution in [0.2, 0.25) is 0 Å². The van der Waals surface area contributed by atoms with Crippen LogP contribution >= 0.6 is 0 Å². The topological polar surface area (TPSA) is 88.5 Å². The van der Waals surface area contributed by atoms with Crippen molar-refractivity contribution in [2.75, 3.05) is 45.2 Å². The molecule has 0 radical (unpaired) electrons. The fraction of sp³-hybridized carbons (Fsp3) is 0.542. The Balaban J connectivity index is 1.43. The summed E-state index contributed by atoms with van der Waals surface area (Å²) >= 11 is 0. The lowest BCUT2D eigenvalue weighted by Gasteiger charge is -2.31. The van der Waals surface area contributed by atoms with Gasteiger partial charge in [-0.3, -0.25) is 9.59 Å². The third kappa shape index (κ3) is 6.40. The van der Waals surface area contributed by atoms with E-state index in [9.17, 15) is 9.59 Å². The smallest absolute Gasteiger partial charge is 0.225 e. The number of likely N-dealkylation sites (tertiary alicyclic amines) is 1. The number of hydrogen-bond acceptors (Lipinski definition) is 5. The Labute approximate surface area is 190 Å². The number of nitrogens with one attached hydrogen (secondary N) is 2. The standard InChI is InChI=1S/C24H35N5O3/c1-18-23(19(2)29(27-18)21-8-5-4-6-9-21)26-22(30)12-16-28-14-10-20(11-15-28)24(31)25-13-7-17-32-3/h4-6,8-9,20H,7,10-17H2,1-3H3,(H,25,31)(H,26,30). The number of rotatable bonds is 10. The number of carbonyl (C=O) groups excluding carboxylic acids is 2. The van der Waals surface area contributed by atoms with Crippen molar-refractivity contribution < 1.29 is 14.3 Å². The molecule has 3 rings (SSSR count). The number of benzene rings is 1. The maximum Gasteiger partial charge on any atom is 0.225 e. The van der Waals surface area contributed by atoms with Gasteiger partial charge in [-0.1, -0.05) is 18.2 Å². The molecule has 2 N–H and O–H groups in total. The second kappa shape index (κ2) is 11.8. The molecule has 2 heterocycles. The van der Waals surface area contributed by atoms with E-state index in [4.69, 9.17) is 4.74 Å². The number of amides is 2. The highest BCUT2D eigenvalue weighted by atomic mass is 16.5. The van der Waals surface area contributed by atoms with Gasteiger partial charge in [0.25, 0.3) is 0 Å². The number of aryl methyl sites for hydroxylation is 1. The highest BCUT2D eigenvalue weighted by molar-refractivity contribution is 5.92. The van der Waals surface area contributed by atoms with E-state index in [1.54, 1.807) is 7.11 Å². The van der Waals surface area contributed by atoms with Crippen LogP contribution in [0.15, 0.2) is 30.3 Å². The Morgan fingerprint density at radius 2 is 1.88 bits per heavy atom. The lowest BCUT2D eigenvalue weighted by molar-refractivity contribution is -0.126. The number of carbonyl (C=O) groups is 2. The molecule has 0 bridgehead atoms. The number of nitrogens with zero attached hydrogens (tertiary/aromatic N) is 3. The minimum absolute atomic E-state index is 0.0122. The van der Waals surface area contributed by atoms with E-state index >= 15 is 0 Å². The van der Waals surface area contributed by atoms with Crippen molar-refractivity contribution in [3.63, 3.8) is 0 Å². The number of anilines is 1. The van der Waals surface area contributed by atoms with Crippen molar-refractivity contribution in [1.29, 1.82) is 0 Å². The van der Waals surface area contributed by atoms with Gasteiger partial charge in [-0.15, -0.1) is 0 Å². The number of para-hydroxylation sites is 1. The number of piperidine rings is 1. The first-order valence-electron chi connectivity index (χ1n) is 11.4. The van der Waals surface area contributed by atoms with Crippen molar-refractivity contribution >= 4 is 17.5 Å². The summed E-state index contributed by atoms with van der Waals surface area (Å²) in [6.45, 7) is 7.57. The second-order valence-corrected chi connectivity index (χ2v) is 8.34. The molecule has 1 aromatic heterocycles. The van der Waals surface area contributed by atoms with Gasteiger partial charge in [0.05, 0.1) is 22.8 Å². The van der Waals surface area contributed by atoms with Crippen LogP contribution < -0.4 is 10.6 Å². The minimum Gasteiger partial charge on any atom is -0.385 e. The Kier molecular flexibility index (Phi) is 8.81. The molecule has 1 aliphatic heterocycles. The molecule has 0 saturated carbocycles. The molecule has 0 aliphatic carbocycles. The summed E-state index contributed by atoms with van der Waals surface area (Å²) in [5, 5.41) is 10.6. The van der Waals surface area contributed by atoms with Crippen LogP contribution in [-0.2, 0) is 14.3 Å². The predicted molar refractivity (Wildman–Crippen MR) is 125 cm³/mol. The SMILES string of the molecule is COCCCNC(=O)C1CCN(CCC(=O)Nc2c(C)nn(-c3ccccc3)c2C)CC1. The number of aromatic nitrogens is 2. The summed E-state index contributed by atoms with van der Waals surface area (Å²) in [6.07, 6.45) is 2.92. The molecule has 1 saturated heterocycles. The largest absolute Gasteiger partial charge is 0.385 e. The van der Waals surface area contributed by atoms with Gasteiger partial charge in [0.1, 0.15) is 0 Å². The highest BCUT2D eigenvalue weighted by Gasteiger charge is 2.25. The number of ether oxygens (including phenoxy) is 1. The van der Waals surface area contributed by atoms with Crippen molar-refractivity contribution in [1.82, 2.24) is 20.0 Å². The molecule has 32 heavy (non-hydrogen) atoms. The first kappa shape index (κ1) is 23.9. The van der Waals surface area contributed by atoms with Gasteiger partial charge in [-0.25, -0.2) is 4.68 Å². The minimum atomic E-state index is -0.0122. The molecule has 2 aromatic rings. The normalized spacial score (nSPS) is 15.0. The molecule has 1 fully saturated rings. The molecule has 0 atom stereocenters. The maximum absolute atomic E-state index is 12.6. The summed E-state index contributed by atoms with van der Waals surface area (Å²) in [5.41, 5.74) is 3.47. The van der Waals surface area contributed by atoms with E-state index in [1.165, 1.54) is 0 Å². The third-order valence-corrected chi connectivity index (χ3v) is 5.99. The molecule has 8 nitrogen and oxygen atoms in total. The lowest BCUT2D eigenvalue weighted by atomic mass is 9.96. The first-order chi connectivity index (χ1) is 15.5. The summed E-state index contributed by atoms with van der Waals surface area (Å²) in [5.74, 6) is 0.193.